The fraction of sp³-hybridized carbons (Fsp3) is 0.846. The Morgan fingerprint density at radius 3 is 2.53 bits per heavy atom. The van der Waals surface area contributed by atoms with Crippen LogP contribution in [0.25, 0.3) is 0 Å². The van der Waals surface area contributed by atoms with Gasteiger partial charge in [0.05, 0.1) is 6.04 Å². The minimum absolute atomic E-state index is 0.0444. The summed E-state index contributed by atoms with van der Waals surface area (Å²) in [6.07, 6.45) is 7.51. The number of hydrogen-bond donors (Lipinski definition) is 3. The molecule has 1 amide bonds. The van der Waals surface area contributed by atoms with Crippen LogP contribution >= 0.6 is 11.8 Å². The van der Waals surface area contributed by atoms with E-state index in [9.17, 15) is 14.7 Å². The van der Waals surface area contributed by atoms with Crippen molar-refractivity contribution in [1.82, 2.24) is 5.32 Å². The van der Waals surface area contributed by atoms with E-state index in [0.29, 0.717) is 6.42 Å². The van der Waals surface area contributed by atoms with Crippen LogP contribution in [0.15, 0.2) is 0 Å². The Morgan fingerprint density at radius 1 is 1.37 bits per heavy atom. The summed E-state index contributed by atoms with van der Waals surface area (Å²) in [6.45, 7) is 0. The number of thioether (sulfide) groups is 1. The number of hydrogen-bond acceptors (Lipinski definition) is 4. The second-order valence-corrected chi connectivity index (χ2v) is 6.10. The molecule has 0 aromatic heterocycles. The van der Waals surface area contributed by atoms with Crippen LogP contribution in [-0.2, 0) is 9.59 Å². The molecule has 0 radical (unpaired) electrons. The summed E-state index contributed by atoms with van der Waals surface area (Å²) in [5.41, 5.74) is 5.76. The van der Waals surface area contributed by atoms with Crippen LogP contribution < -0.4 is 11.1 Å². The van der Waals surface area contributed by atoms with E-state index < -0.39 is 18.1 Å². The molecule has 0 spiro atoms. The second-order valence-electron chi connectivity index (χ2n) is 5.11. The van der Waals surface area contributed by atoms with Gasteiger partial charge < -0.3 is 16.2 Å². The third kappa shape index (κ3) is 5.40. The van der Waals surface area contributed by atoms with E-state index in [0.717, 1.165) is 37.9 Å². The third-order valence-corrected chi connectivity index (χ3v) is 4.30. The average molecular weight is 288 g/mol. The number of aliphatic carboxylic acids is 1. The summed E-state index contributed by atoms with van der Waals surface area (Å²) >= 11 is 1.62. The maximum absolute atomic E-state index is 11.9. The molecule has 1 aliphatic rings. The molecule has 0 heterocycles. The lowest BCUT2D eigenvalue weighted by Crippen LogP contribution is -2.52. The number of nitrogens with one attached hydrogen (secondary N) is 1. The molecule has 0 aromatic carbocycles. The molecule has 1 unspecified atom stereocenters. The Kier molecular flexibility index (Phi) is 7.23. The highest BCUT2D eigenvalue weighted by atomic mass is 32.2. The number of carboxylic acid groups (broad SMARTS) is 1. The summed E-state index contributed by atoms with van der Waals surface area (Å²) in [6, 6.07) is -1.40. The largest absolute Gasteiger partial charge is 0.480 e. The van der Waals surface area contributed by atoms with E-state index in [1.54, 1.807) is 11.8 Å². The zero-order chi connectivity index (χ0) is 14.3. The van der Waals surface area contributed by atoms with Crippen LogP contribution in [-0.4, -0.2) is 41.1 Å². The molecular formula is C13H24N2O3S. The molecule has 5 nitrogen and oxygen atoms in total. The summed E-state index contributed by atoms with van der Waals surface area (Å²) < 4.78 is 0. The van der Waals surface area contributed by atoms with Crippen molar-refractivity contribution in [3.63, 3.8) is 0 Å². The standard InChI is InChI=1S/C13H24N2O3S/c1-19-8-7-10(14)12(16)15-11(13(17)18)9-5-3-2-4-6-9/h9-11H,2-8,14H2,1H3,(H,15,16)(H,17,18)/t10-,11?/m1/s1. The van der Waals surface area contributed by atoms with Crippen LogP contribution in [0, 0.1) is 5.92 Å². The van der Waals surface area contributed by atoms with Crippen molar-refractivity contribution in [1.29, 1.82) is 0 Å². The van der Waals surface area contributed by atoms with E-state index in [1.165, 1.54) is 0 Å². The van der Waals surface area contributed by atoms with E-state index in [4.69, 9.17) is 5.73 Å². The van der Waals surface area contributed by atoms with Crippen molar-refractivity contribution in [2.24, 2.45) is 11.7 Å². The fourth-order valence-electron chi connectivity index (χ4n) is 2.48. The molecule has 0 aromatic rings. The van der Waals surface area contributed by atoms with Gasteiger partial charge in [-0.05, 0) is 37.2 Å². The van der Waals surface area contributed by atoms with Gasteiger partial charge in [0.25, 0.3) is 0 Å². The lowest BCUT2D eigenvalue weighted by atomic mass is 9.84. The molecule has 0 aliphatic heterocycles. The maximum atomic E-state index is 11.9. The van der Waals surface area contributed by atoms with Crippen molar-refractivity contribution in [3.8, 4) is 0 Å². The summed E-state index contributed by atoms with van der Waals surface area (Å²) in [5, 5.41) is 11.9. The van der Waals surface area contributed by atoms with Gasteiger partial charge in [0.1, 0.15) is 6.04 Å². The molecule has 1 rings (SSSR count). The number of nitrogens with two attached hydrogens (primary N) is 1. The van der Waals surface area contributed by atoms with Gasteiger partial charge in [-0.1, -0.05) is 19.3 Å². The molecule has 1 fully saturated rings. The first kappa shape index (κ1) is 16.3. The number of carbonyl (C=O) groups excluding carboxylic acids is 1. The van der Waals surface area contributed by atoms with Gasteiger partial charge in [-0.3, -0.25) is 4.79 Å². The van der Waals surface area contributed by atoms with Crippen molar-refractivity contribution in [2.75, 3.05) is 12.0 Å². The number of carbonyl (C=O) groups is 2. The maximum Gasteiger partial charge on any atom is 0.326 e. The van der Waals surface area contributed by atoms with Gasteiger partial charge in [-0.15, -0.1) is 0 Å². The highest BCUT2D eigenvalue weighted by Crippen LogP contribution is 2.26. The Balaban J connectivity index is 2.52. The van der Waals surface area contributed by atoms with Crippen molar-refractivity contribution in [3.05, 3.63) is 0 Å². The Bertz CT molecular complexity index is 306. The minimum atomic E-state index is -0.947. The first-order valence-electron chi connectivity index (χ1n) is 6.84. The predicted molar refractivity (Wildman–Crippen MR) is 77.1 cm³/mol. The summed E-state index contributed by atoms with van der Waals surface area (Å²) in [4.78, 5) is 23.2. The van der Waals surface area contributed by atoms with Gasteiger partial charge in [0.15, 0.2) is 0 Å². The van der Waals surface area contributed by atoms with Gasteiger partial charge in [0.2, 0.25) is 5.91 Å². The van der Waals surface area contributed by atoms with Crippen molar-refractivity contribution >= 4 is 23.6 Å². The van der Waals surface area contributed by atoms with E-state index >= 15 is 0 Å². The summed E-state index contributed by atoms with van der Waals surface area (Å²) in [5.74, 6) is -0.442. The number of carboxylic acids is 1. The predicted octanol–water partition coefficient (Wildman–Crippen LogP) is 1.22. The van der Waals surface area contributed by atoms with E-state index in [-0.39, 0.29) is 11.8 Å². The molecule has 0 saturated heterocycles. The Hall–Kier alpha value is -0.750. The zero-order valence-corrected chi connectivity index (χ0v) is 12.2. The molecule has 1 saturated carbocycles. The fourth-order valence-corrected chi connectivity index (χ4v) is 2.97. The normalized spacial score (nSPS) is 19.7. The quantitative estimate of drug-likeness (QED) is 0.655. The van der Waals surface area contributed by atoms with Crippen molar-refractivity contribution < 1.29 is 14.7 Å². The molecule has 19 heavy (non-hydrogen) atoms. The SMILES string of the molecule is CSCC[C@@H](N)C(=O)NC(C(=O)O)C1CCCCC1. The smallest absolute Gasteiger partial charge is 0.326 e. The molecular weight excluding hydrogens is 264 g/mol. The number of rotatable bonds is 7. The summed E-state index contributed by atoms with van der Waals surface area (Å²) in [7, 11) is 0. The Labute approximate surface area is 118 Å². The average Bonchev–Trinajstić information content (AvgIpc) is 2.42. The molecule has 0 bridgehead atoms. The zero-order valence-electron chi connectivity index (χ0n) is 11.4. The lowest BCUT2D eigenvalue weighted by Gasteiger charge is -2.28. The topological polar surface area (TPSA) is 92.4 Å². The second kappa shape index (κ2) is 8.43. The highest BCUT2D eigenvalue weighted by Gasteiger charge is 2.31. The lowest BCUT2D eigenvalue weighted by molar-refractivity contribution is -0.144. The minimum Gasteiger partial charge on any atom is -0.480 e. The third-order valence-electron chi connectivity index (χ3n) is 3.65. The first-order valence-corrected chi connectivity index (χ1v) is 8.23. The molecule has 2 atom stereocenters. The van der Waals surface area contributed by atoms with Crippen LogP contribution in [0.1, 0.15) is 38.5 Å². The monoisotopic (exact) mass is 288 g/mol. The van der Waals surface area contributed by atoms with Crippen LogP contribution in [0.3, 0.4) is 0 Å². The van der Waals surface area contributed by atoms with Crippen LogP contribution in [0.4, 0.5) is 0 Å². The first-order chi connectivity index (χ1) is 9.06. The Morgan fingerprint density at radius 2 is 2.00 bits per heavy atom. The molecule has 4 N–H and O–H groups in total. The van der Waals surface area contributed by atoms with E-state index in [1.807, 2.05) is 6.26 Å². The number of amides is 1. The van der Waals surface area contributed by atoms with Crippen LogP contribution in [0.2, 0.25) is 0 Å². The van der Waals surface area contributed by atoms with Gasteiger partial charge in [0, 0.05) is 0 Å². The van der Waals surface area contributed by atoms with Crippen LogP contribution in [0.5, 0.6) is 0 Å². The van der Waals surface area contributed by atoms with Gasteiger partial charge in [-0.25, -0.2) is 4.79 Å². The highest BCUT2D eigenvalue weighted by molar-refractivity contribution is 7.98. The van der Waals surface area contributed by atoms with Gasteiger partial charge >= 0.3 is 5.97 Å². The van der Waals surface area contributed by atoms with Crippen molar-refractivity contribution in [2.45, 2.75) is 50.6 Å². The molecule has 110 valence electrons. The molecule has 1 aliphatic carbocycles. The van der Waals surface area contributed by atoms with E-state index in [2.05, 4.69) is 5.32 Å². The van der Waals surface area contributed by atoms with Gasteiger partial charge in [-0.2, -0.15) is 11.8 Å². The molecule has 6 heteroatoms.